The maximum atomic E-state index is 12.6. The number of hydrogen-bond donors (Lipinski definition) is 2. The van der Waals surface area contributed by atoms with Crippen molar-refractivity contribution in [3.63, 3.8) is 0 Å². The molecule has 2 aliphatic heterocycles. The number of nitrogens with zero attached hydrogens (tertiary/aromatic N) is 5. The van der Waals surface area contributed by atoms with Crippen molar-refractivity contribution in [2.75, 3.05) is 26.7 Å². The van der Waals surface area contributed by atoms with Crippen LogP contribution in [0.4, 0.5) is 0 Å². The number of amides is 1. The number of piperidine rings is 2. The number of rotatable bonds is 2. The molecule has 2 fully saturated rings. The van der Waals surface area contributed by atoms with Gasteiger partial charge in [0.25, 0.3) is 6.47 Å². The molecule has 1 atom stereocenters. The third-order valence-electron chi connectivity index (χ3n) is 5.49. The number of fused-ring (bicyclic) bond motifs is 1. The number of aliphatic hydroxyl groups excluding tert-OH is 1. The zero-order valence-corrected chi connectivity index (χ0v) is 15.4. The van der Waals surface area contributed by atoms with Crippen molar-refractivity contribution < 1.29 is 19.8 Å². The minimum Gasteiger partial charge on any atom is -0.483 e. The second-order valence-corrected chi connectivity index (χ2v) is 7.25. The van der Waals surface area contributed by atoms with Crippen LogP contribution >= 0.6 is 0 Å². The molecule has 0 aliphatic carbocycles. The third-order valence-corrected chi connectivity index (χ3v) is 5.49. The fraction of sp³-hybridized carbons (Fsp3) is 0.556. The van der Waals surface area contributed by atoms with E-state index in [4.69, 9.17) is 9.90 Å². The minimum absolute atomic E-state index is 0.200. The number of aromatic nitrogens is 3. The summed E-state index contributed by atoms with van der Waals surface area (Å²) >= 11 is 0. The Labute approximate surface area is 157 Å². The van der Waals surface area contributed by atoms with Gasteiger partial charge in [-0.15, -0.1) is 0 Å². The average Bonchev–Trinajstić information content (AvgIpc) is 3.12. The first-order chi connectivity index (χ1) is 13.0. The van der Waals surface area contributed by atoms with Crippen molar-refractivity contribution in [3.05, 3.63) is 30.2 Å². The number of β-amino-alcohol motifs (C(OH)–C–C–N with tert-alkyl or cyclic N) is 1. The topological polar surface area (TPSA) is 111 Å². The van der Waals surface area contributed by atoms with E-state index >= 15 is 0 Å². The molecule has 2 aromatic heterocycles. The summed E-state index contributed by atoms with van der Waals surface area (Å²) in [6.07, 6.45) is 3.38. The molecule has 0 radical (unpaired) electrons. The minimum atomic E-state index is -0.400. The highest BCUT2D eigenvalue weighted by molar-refractivity contribution is 5.83. The van der Waals surface area contributed by atoms with Gasteiger partial charge in [-0.2, -0.15) is 5.10 Å². The molecule has 0 bridgehead atoms. The van der Waals surface area contributed by atoms with Crippen LogP contribution in [-0.4, -0.2) is 79.8 Å². The van der Waals surface area contributed by atoms with E-state index in [1.54, 1.807) is 18.3 Å². The average molecular weight is 375 g/mol. The first kappa shape index (κ1) is 19.2. The first-order valence-electron chi connectivity index (χ1n) is 9.00. The molecule has 0 saturated carbocycles. The molecule has 9 nitrogen and oxygen atoms in total. The number of likely N-dealkylation sites (N-methyl/N-ethyl adjacent to an activating group) is 1. The highest BCUT2D eigenvalue weighted by atomic mass is 16.3. The maximum Gasteiger partial charge on any atom is 0.290 e. The van der Waals surface area contributed by atoms with E-state index in [0.717, 1.165) is 43.8 Å². The van der Waals surface area contributed by atoms with Crippen molar-refractivity contribution in [1.29, 1.82) is 0 Å². The van der Waals surface area contributed by atoms with Gasteiger partial charge in [0.2, 0.25) is 5.91 Å². The van der Waals surface area contributed by atoms with Crippen molar-refractivity contribution in [3.8, 4) is 0 Å². The molecule has 2 saturated heterocycles. The van der Waals surface area contributed by atoms with E-state index < -0.39 is 6.10 Å². The lowest BCUT2D eigenvalue weighted by molar-refractivity contribution is -0.154. The Morgan fingerprint density at radius 3 is 2.74 bits per heavy atom. The second-order valence-electron chi connectivity index (χ2n) is 7.25. The normalized spacial score (nSPS) is 22.5. The number of likely N-dealkylation sites (tertiary alicyclic amines) is 2. The van der Waals surface area contributed by atoms with Gasteiger partial charge in [0.15, 0.2) is 5.65 Å². The summed E-state index contributed by atoms with van der Waals surface area (Å²) in [5.74, 6) is 0.200. The van der Waals surface area contributed by atoms with Gasteiger partial charge < -0.3 is 15.1 Å². The van der Waals surface area contributed by atoms with Crippen LogP contribution in [0.1, 0.15) is 25.0 Å². The summed E-state index contributed by atoms with van der Waals surface area (Å²) in [5, 5.41) is 21.3. The first-order valence-corrected chi connectivity index (χ1v) is 9.00. The number of pyridine rings is 1. The standard InChI is InChI=1S/C17H23N5O2.CH2O2/c1-20-11-14(23)9-17(16(20)24)5-7-21(8-6-17)10-13-3-2-4-15-18-12-19-22(13)15;2-1-3/h2-4,12,14,23H,5-11H2,1H3;1H,(H,2,3). The van der Waals surface area contributed by atoms with Crippen LogP contribution in [0.25, 0.3) is 5.65 Å². The van der Waals surface area contributed by atoms with Crippen LogP contribution in [0.2, 0.25) is 0 Å². The van der Waals surface area contributed by atoms with Gasteiger partial charge in [-0.05, 0) is 44.5 Å². The van der Waals surface area contributed by atoms with Crippen molar-refractivity contribution >= 4 is 18.0 Å². The number of hydrogen-bond acceptors (Lipinski definition) is 6. The van der Waals surface area contributed by atoms with Gasteiger partial charge >= 0.3 is 0 Å². The Kier molecular flexibility index (Phi) is 5.71. The molecule has 0 aromatic carbocycles. The predicted octanol–water partition coefficient (Wildman–Crippen LogP) is 0.235. The lowest BCUT2D eigenvalue weighted by atomic mass is 9.71. The molecule has 2 aromatic rings. The smallest absolute Gasteiger partial charge is 0.290 e. The summed E-state index contributed by atoms with van der Waals surface area (Å²) in [5.41, 5.74) is 1.59. The van der Waals surface area contributed by atoms with Crippen LogP contribution in [0.15, 0.2) is 24.5 Å². The predicted molar refractivity (Wildman–Crippen MR) is 96.9 cm³/mol. The molecular weight excluding hydrogens is 350 g/mol. The summed E-state index contributed by atoms with van der Waals surface area (Å²) in [6, 6.07) is 6.01. The summed E-state index contributed by atoms with van der Waals surface area (Å²) in [6.45, 7) is 2.72. The van der Waals surface area contributed by atoms with Gasteiger partial charge in [0.05, 0.1) is 17.2 Å². The molecule has 2 aliphatic rings. The quantitative estimate of drug-likeness (QED) is 0.723. The van der Waals surface area contributed by atoms with Gasteiger partial charge in [-0.1, -0.05) is 6.07 Å². The Morgan fingerprint density at radius 1 is 1.33 bits per heavy atom. The summed E-state index contributed by atoms with van der Waals surface area (Å²) in [4.78, 5) is 29.3. The van der Waals surface area contributed by atoms with Crippen LogP contribution in [-0.2, 0) is 16.1 Å². The maximum absolute atomic E-state index is 12.6. The molecule has 9 heteroatoms. The van der Waals surface area contributed by atoms with Crippen molar-refractivity contribution in [2.24, 2.45) is 5.41 Å². The summed E-state index contributed by atoms with van der Waals surface area (Å²) in [7, 11) is 1.80. The molecule has 1 amide bonds. The van der Waals surface area contributed by atoms with Crippen LogP contribution in [0.3, 0.4) is 0 Å². The number of carboxylic acid groups (broad SMARTS) is 1. The highest BCUT2D eigenvalue weighted by Gasteiger charge is 2.47. The SMILES string of the molecule is CN1CC(O)CC2(CCN(Cc3cccc4ncnn34)CC2)C1=O.O=CO. The lowest BCUT2D eigenvalue weighted by Gasteiger charge is -2.47. The number of aliphatic hydroxyl groups is 1. The van der Waals surface area contributed by atoms with E-state index in [0.29, 0.717) is 13.0 Å². The molecule has 146 valence electrons. The van der Waals surface area contributed by atoms with Gasteiger partial charge in [-0.25, -0.2) is 9.50 Å². The van der Waals surface area contributed by atoms with E-state index in [-0.39, 0.29) is 17.8 Å². The molecule has 2 N–H and O–H groups in total. The largest absolute Gasteiger partial charge is 0.483 e. The Morgan fingerprint density at radius 2 is 2.04 bits per heavy atom. The van der Waals surface area contributed by atoms with Crippen LogP contribution in [0.5, 0.6) is 0 Å². The number of carbonyl (C=O) groups excluding carboxylic acids is 1. The molecular formula is C18H25N5O4. The monoisotopic (exact) mass is 375 g/mol. The molecule has 4 rings (SSSR count). The van der Waals surface area contributed by atoms with Gasteiger partial charge in [0.1, 0.15) is 6.33 Å². The van der Waals surface area contributed by atoms with Crippen LogP contribution in [0, 0.1) is 5.41 Å². The Bertz CT molecular complexity index is 800. The van der Waals surface area contributed by atoms with E-state index in [2.05, 4.69) is 21.0 Å². The highest BCUT2D eigenvalue weighted by Crippen LogP contribution is 2.40. The van der Waals surface area contributed by atoms with E-state index in [1.165, 1.54) is 0 Å². The molecule has 1 unspecified atom stereocenters. The van der Waals surface area contributed by atoms with Crippen molar-refractivity contribution in [1.82, 2.24) is 24.4 Å². The molecule has 4 heterocycles. The fourth-order valence-corrected chi connectivity index (χ4v) is 4.21. The fourth-order valence-electron chi connectivity index (χ4n) is 4.21. The number of carbonyl (C=O) groups is 2. The van der Waals surface area contributed by atoms with E-state index in [9.17, 15) is 9.90 Å². The lowest BCUT2D eigenvalue weighted by Crippen LogP contribution is -2.56. The third kappa shape index (κ3) is 3.93. The molecule has 27 heavy (non-hydrogen) atoms. The molecule has 1 spiro atoms. The summed E-state index contributed by atoms with van der Waals surface area (Å²) < 4.78 is 1.87. The Hall–Kier alpha value is -2.52. The zero-order chi connectivity index (χ0) is 19.4. The Balaban J connectivity index is 0.000000659. The second kappa shape index (κ2) is 8.01. The van der Waals surface area contributed by atoms with Crippen LogP contribution < -0.4 is 0 Å². The zero-order valence-electron chi connectivity index (χ0n) is 15.4. The van der Waals surface area contributed by atoms with E-state index in [1.807, 2.05) is 16.6 Å². The van der Waals surface area contributed by atoms with Gasteiger partial charge in [0, 0.05) is 20.1 Å². The van der Waals surface area contributed by atoms with Gasteiger partial charge in [-0.3, -0.25) is 14.5 Å². The van der Waals surface area contributed by atoms with Crippen molar-refractivity contribution in [2.45, 2.75) is 31.9 Å².